The highest BCUT2D eigenvalue weighted by Gasteiger charge is 2.33. The molecule has 1 fully saturated rings. The second-order valence-electron chi connectivity index (χ2n) is 6.10. The van der Waals surface area contributed by atoms with Crippen molar-refractivity contribution in [2.45, 2.75) is 19.8 Å². The fourth-order valence-electron chi connectivity index (χ4n) is 2.67. The fraction of sp³-hybridized carbons (Fsp3) is 0.190. The van der Waals surface area contributed by atoms with Gasteiger partial charge in [-0.1, -0.05) is 55.2 Å². The molecule has 5 nitrogen and oxygen atoms in total. The lowest BCUT2D eigenvalue weighted by Crippen LogP contribution is -2.27. The summed E-state index contributed by atoms with van der Waals surface area (Å²) < 4.78 is 5.94. The van der Waals surface area contributed by atoms with Crippen LogP contribution < -0.4 is 9.64 Å². The molecule has 0 spiro atoms. The van der Waals surface area contributed by atoms with Crippen molar-refractivity contribution < 1.29 is 19.4 Å². The molecule has 0 atom stereocenters. The van der Waals surface area contributed by atoms with E-state index in [0.29, 0.717) is 15.0 Å². The number of rotatable bonds is 7. The zero-order valence-corrected chi connectivity index (χ0v) is 16.9. The number of carbonyl (C=O) groups is 2. The van der Waals surface area contributed by atoms with Crippen LogP contribution in [0, 0.1) is 0 Å². The van der Waals surface area contributed by atoms with Gasteiger partial charge in [0.2, 0.25) is 0 Å². The van der Waals surface area contributed by atoms with Crippen LogP contribution in [0.1, 0.15) is 24.5 Å². The maximum absolute atomic E-state index is 12.9. The molecule has 1 aliphatic heterocycles. The second-order valence-corrected chi connectivity index (χ2v) is 7.78. The predicted octanol–water partition coefficient (Wildman–Crippen LogP) is 4.51. The summed E-state index contributed by atoms with van der Waals surface area (Å²) in [7, 11) is 0. The molecule has 0 unspecified atom stereocenters. The Morgan fingerprint density at radius 3 is 2.68 bits per heavy atom. The van der Waals surface area contributed by atoms with Crippen molar-refractivity contribution in [3.63, 3.8) is 0 Å². The van der Waals surface area contributed by atoms with Gasteiger partial charge in [-0.25, -0.2) is 0 Å². The van der Waals surface area contributed by atoms with E-state index in [1.807, 2.05) is 30.3 Å². The topological polar surface area (TPSA) is 66.8 Å². The van der Waals surface area contributed by atoms with E-state index in [2.05, 4.69) is 6.92 Å². The van der Waals surface area contributed by atoms with Crippen LogP contribution >= 0.6 is 24.0 Å². The first kappa shape index (κ1) is 20.1. The summed E-state index contributed by atoms with van der Waals surface area (Å²) in [6.07, 6.45) is 2.63. The van der Waals surface area contributed by atoms with Gasteiger partial charge in [-0.3, -0.25) is 14.5 Å². The lowest BCUT2D eigenvalue weighted by atomic mass is 10.1. The molecule has 2 aromatic rings. The summed E-state index contributed by atoms with van der Waals surface area (Å²) in [4.78, 5) is 25.5. The fourth-order valence-corrected chi connectivity index (χ4v) is 3.97. The Balaban J connectivity index is 1.76. The van der Waals surface area contributed by atoms with Gasteiger partial charge in [-0.05, 0) is 47.9 Å². The average molecular weight is 414 g/mol. The summed E-state index contributed by atoms with van der Waals surface area (Å²) in [5, 5.41) is 8.69. The maximum Gasteiger partial charge on any atom is 0.306 e. The molecule has 0 bridgehead atoms. The van der Waals surface area contributed by atoms with Gasteiger partial charge in [0.25, 0.3) is 5.91 Å². The van der Waals surface area contributed by atoms with Crippen LogP contribution in [-0.4, -0.2) is 27.9 Å². The minimum atomic E-state index is -0.910. The molecular weight excluding hydrogens is 394 g/mol. The van der Waals surface area contributed by atoms with Crippen LogP contribution in [0.2, 0.25) is 0 Å². The molecule has 28 heavy (non-hydrogen) atoms. The Bertz CT molecular complexity index is 938. The minimum Gasteiger partial charge on any atom is -0.493 e. The van der Waals surface area contributed by atoms with Crippen molar-refractivity contribution in [1.82, 2.24) is 0 Å². The maximum atomic E-state index is 12.9. The smallest absolute Gasteiger partial charge is 0.306 e. The zero-order valence-electron chi connectivity index (χ0n) is 15.3. The van der Waals surface area contributed by atoms with Crippen LogP contribution in [0.5, 0.6) is 5.75 Å². The van der Waals surface area contributed by atoms with E-state index >= 15 is 0 Å². The Morgan fingerprint density at radius 2 is 2.00 bits per heavy atom. The minimum absolute atomic E-state index is 0.0697. The standard InChI is InChI=1S/C21H19NO4S2/c1-2-14-6-8-16(9-7-14)22-20(25)18(28-21(22)27)13-15-4-3-5-17(12-15)26-11-10-19(23)24/h3-9,12-13H,2,10-11H2,1H3,(H,23,24)/b18-13+. The zero-order chi connectivity index (χ0) is 20.1. The van der Waals surface area contributed by atoms with Gasteiger partial charge >= 0.3 is 5.97 Å². The molecule has 0 radical (unpaired) electrons. The van der Waals surface area contributed by atoms with Crippen molar-refractivity contribution in [3.8, 4) is 5.75 Å². The van der Waals surface area contributed by atoms with E-state index in [0.717, 1.165) is 17.7 Å². The Morgan fingerprint density at radius 1 is 1.25 bits per heavy atom. The van der Waals surface area contributed by atoms with Gasteiger partial charge < -0.3 is 9.84 Å². The number of anilines is 1. The van der Waals surface area contributed by atoms with Gasteiger partial charge in [0.15, 0.2) is 4.32 Å². The van der Waals surface area contributed by atoms with E-state index in [1.54, 1.807) is 29.2 Å². The number of carboxylic acids is 1. The Kier molecular flexibility index (Phi) is 6.49. The van der Waals surface area contributed by atoms with Crippen LogP contribution in [0.3, 0.4) is 0 Å². The summed E-state index contributed by atoms with van der Waals surface area (Å²) in [5.41, 5.74) is 2.74. The average Bonchev–Trinajstić information content (AvgIpc) is 2.95. The molecule has 1 amide bonds. The van der Waals surface area contributed by atoms with E-state index in [4.69, 9.17) is 22.1 Å². The molecule has 1 aliphatic rings. The highest BCUT2D eigenvalue weighted by molar-refractivity contribution is 8.27. The number of aliphatic carboxylic acids is 1. The third-order valence-electron chi connectivity index (χ3n) is 4.14. The largest absolute Gasteiger partial charge is 0.493 e. The molecule has 0 saturated carbocycles. The highest BCUT2D eigenvalue weighted by atomic mass is 32.2. The molecule has 2 aromatic carbocycles. The first-order chi connectivity index (χ1) is 13.5. The van der Waals surface area contributed by atoms with Crippen molar-refractivity contribution >= 4 is 51.9 Å². The molecular formula is C21H19NO4S2. The van der Waals surface area contributed by atoms with E-state index in [-0.39, 0.29) is 18.9 Å². The third-order valence-corrected chi connectivity index (χ3v) is 5.44. The number of thiocarbonyl (C=S) groups is 1. The quantitative estimate of drug-likeness (QED) is 0.532. The molecule has 3 rings (SSSR count). The number of thioether (sulfide) groups is 1. The van der Waals surface area contributed by atoms with Gasteiger partial charge in [-0.15, -0.1) is 0 Å². The van der Waals surface area contributed by atoms with Gasteiger partial charge in [0.05, 0.1) is 23.6 Å². The summed E-state index contributed by atoms with van der Waals surface area (Å²) >= 11 is 6.67. The molecule has 0 aliphatic carbocycles. The van der Waals surface area contributed by atoms with Gasteiger partial charge in [-0.2, -0.15) is 0 Å². The van der Waals surface area contributed by atoms with Crippen LogP contribution in [0.4, 0.5) is 5.69 Å². The SMILES string of the molecule is CCc1ccc(N2C(=O)/C(=C\c3cccc(OCCC(=O)O)c3)SC2=S)cc1. The summed E-state index contributed by atoms with van der Waals surface area (Å²) in [6.45, 7) is 2.17. The number of nitrogens with zero attached hydrogens (tertiary/aromatic N) is 1. The summed E-state index contributed by atoms with van der Waals surface area (Å²) in [5.74, 6) is -0.510. The molecule has 144 valence electrons. The predicted molar refractivity (Wildman–Crippen MR) is 116 cm³/mol. The van der Waals surface area contributed by atoms with Crippen LogP contribution in [-0.2, 0) is 16.0 Å². The number of carbonyl (C=O) groups excluding carboxylic acids is 1. The van der Waals surface area contributed by atoms with Crippen molar-refractivity contribution in [1.29, 1.82) is 0 Å². The first-order valence-corrected chi connectivity index (χ1v) is 10.0. The monoisotopic (exact) mass is 413 g/mol. The lowest BCUT2D eigenvalue weighted by molar-refractivity contribution is -0.137. The number of benzene rings is 2. The number of ether oxygens (including phenoxy) is 1. The molecule has 1 saturated heterocycles. The first-order valence-electron chi connectivity index (χ1n) is 8.79. The van der Waals surface area contributed by atoms with Crippen molar-refractivity contribution in [2.75, 3.05) is 11.5 Å². The normalized spacial score (nSPS) is 15.3. The van der Waals surface area contributed by atoms with E-state index < -0.39 is 5.97 Å². The number of hydrogen-bond acceptors (Lipinski definition) is 5. The third kappa shape index (κ3) is 4.79. The lowest BCUT2D eigenvalue weighted by Gasteiger charge is -2.14. The van der Waals surface area contributed by atoms with Gasteiger partial charge in [0, 0.05) is 0 Å². The number of carboxylic acid groups (broad SMARTS) is 1. The van der Waals surface area contributed by atoms with Gasteiger partial charge in [0.1, 0.15) is 5.75 Å². The number of aryl methyl sites for hydroxylation is 1. The van der Waals surface area contributed by atoms with Crippen molar-refractivity contribution in [3.05, 3.63) is 64.6 Å². The summed E-state index contributed by atoms with van der Waals surface area (Å²) in [6, 6.07) is 15.0. The Hall–Kier alpha value is -2.64. The van der Waals surface area contributed by atoms with Crippen LogP contribution in [0.15, 0.2) is 53.4 Å². The molecule has 7 heteroatoms. The number of hydrogen-bond donors (Lipinski definition) is 1. The molecule has 1 N–H and O–H groups in total. The molecule has 1 heterocycles. The van der Waals surface area contributed by atoms with E-state index in [1.165, 1.54) is 17.3 Å². The molecule has 0 aromatic heterocycles. The number of amides is 1. The van der Waals surface area contributed by atoms with Crippen molar-refractivity contribution in [2.24, 2.45) is 0 Å². The Labute approximate surface area is 173 Å². The second kappa shape index (κ2) is 9.03. The highest BCUT2D eigenvalue weighted by Crippen LogP contribution is 2.36. The van der Waals surface area contributed by atoms with Crippen LogP contribution in [0.25, 0.3) is 6.08 Å². The van der Waals surface area contributed by atoms with E-state index in [9.17, 15) is 9.59 Å².